The van der Waals surface area contributed by atoms with E-state index in [2.05, 4.69) is 4.72 Å². The summed E-state index contributed by atoms with van der Waals surface area (Å²) in [6.07, 6.45) is 0. The number of rotatable bonds is 6. The number of halogens is 2. The zero-order valence-corrected chi connectivity index (χ0v) is 12.5. The van der Waals surface area contributed by atoms with Crippen LogP contribution in [0.25, 0.3) is 0 Å². The summed E-state index contributed by atoms with van der Waals surface area (Å²) < 4.78 is 44.3. The molecule has 0 fully saturated rings. The van der Waals surface area contributed by atoms with Gasteiger partial charge in [0.05, 0.1) is 4.90 Å². The molecule has 2 aromatic rings. The second-order valence-electron chi connectivity index (χ2n) is 4.15. The van der Waals surface area contributed by atoms with Gasteiger partial charge in [-0.2, -0.15) is 0 Å². The maximum Gasteiger partial charge on any atom is 0.240 e. The standard InChI is InChI=1S/C14H13ClFNO3S/c15-11-1-5-13(6-2-11)20-10-9-17-21(18,19)14-7-3-12(16)4-8-14/h1-8,17H,9-10H2. The Morgan fingerprint density at radius 2 is 1.67 bits per heavy atom. The molecule has 0 radical (unpaired) electrons. The first-order valence-electron chi connectivity index (χ1n) is 6.11. The number of sulfonamides is 1. The lowest BCUT2D eigenvalue weighted by Gasteiger charge is -2.08. The van der Waals surface area contributed by atoms with Gasteiger partial charge in [0.2, 0.25) is 10.0 Å². The van der Waals surface area contributed by atoms with Gasteiger partial charge < -0.3 is 4.74 Å². The van der Waals surface area contributed by atoms with Crippen molar-refractivity contribution in [2.75, 3.05) is 13.2 Å². The minimum atomic E-state index is -3.66. The third-order valence-corrected chi connectivity index (χ3v) is 4.33. The number of ether oxygens (including phenoxy) is 1. The molecule has 0 spiro atoms. The fourth-order valence-corrected chi connectivity index (χ4v) is 2.71. The normalized spacial score (nSPS) is 11.3. The van der Waals surface area contributed by atoms with E-state index in [1.807, 2.05) is 0 Å². The Labute approximate surface area is 127 Å². The van der Waals surface area contributed by atoms with Gasteiger partial charge in [0.25, 0.3) is 0 Å². The molecule has 0 aliphatic heterocycles. The monoisotopic (exact) mass is 329 g/mol. The Balaban J connectivity index is 1.85. The average Bonchev–Trinajstić information content (AvgIpc) is 2.46. The fourth-order valence-electron chi connectivity index (χ4n) is 1.57. The lowest BCUT2D eigenvalue weighted by atomic mass is 10.3. The van der Waals surface area contributed by atoms with E-state index in [9.17, 15) is 12.8 Å². The first-order valence-corrected chi connectivity index (χ1v) is 7.97. The maximum atomic E-state index is 12.8. The summed E-state index contributed by atoms with van der Waals surface area (Å²) in [5, 5.41) is 0.597. The molecule has 0 unspecified atom stereocenters. The molecule has 1 N–H and O–H groups in total. The van der Waals surface area contributed by atoms with Gasteiger partial charge in [-0.25, -0.2) is 17.5 Å². The highest BCUT2D eigenvalue weighted by Gasteiger charge is 2.13. The van der Waals surface area contributed by atoms with Crippen molar-refractivity contribution in [3.8, 4) is 5.75 Å². The lowest BCUT2D eigenvalue weighted by Crippen LogP contribution is -2.28. The molecule has 112 valence electrons. The predicted molar refractivity (Wildman–Crippen MR) is 78.5 cm³/mol. The zero-order chi connectivity index (χ0) is 15.3. The highest BCUT2D eigenvalue weighted by Crippen LogP contribution is 2.15. The van der Waals surface area contributed by atoms with Crippen molar-refractivity contribution in [2.24, 2.45) is 0 Å². The Morgan fingerprint density at radius 3 is 2.29 bits per heavy atom. The summed E-state index contributed by atoms with van der Waals surface area (Å²) >= 11 is 5.74. The van der Waals surface area contributed by atoms with Crippen LogP contribution in [0.3, 0.4) is 0 Å². The van der Waals surface area contributed by atoms with Gasteiger partial charge in [-0.15, -0.1) is 0 Å². The van der Waals surface area contributed by atoms with Crippen molar-refractivity contribution in [1.29, 1.82) is 0 Å². The molecule has 2 rings (SSSR count). The molecule has 4 nitrogen and oxygen atoms in total. The topological polar surface area (TPSA) is 55.4 Å². The third-order valence-electron chi connectivity index (χ3n) is 2.60. The molecule has 0 atom stereocenters. The second-order valence-corrected chi connectivity index (χ2v) is 6.36. The molecule has 7 heteroatoms. The van der Waals surface area contributed by atoms with E-state index in [-0.39, 0.29) is 18.0 Å². The van der Waals surface area contributed by atoms with Crippen LogP contribution in [0.1, 0.15) is 0 Å². The summed E-state index contributed by atoms with van der Waals surface area (Å²) in [5.41, 5.74) is 0. The van der Waals surface area contributed by atoms with E-state index in [1.165, 1.54) is 12.1 Å². The SMILES string of the molecule is O=S(=O)(NCCOc1ccc(Cl)cc1)c1ccc(F)cc1. The molecule has 21 heavy (non-hydrogen) atoms. The molecule has 0 aliphatic rings. The lowest BCUT2D eigenvalue weighted by molar-refractivity contribution is 0.323. The first kappa shape index (κ1) is 15.8. The largest absolute Gasteiger partial charge is 0.492 e. The average molecular weight is 330 g/mol. The Bertz CT molecular complexity index is 687. The Morgan fingerprint density at radius 1 is 1.05 bits per heavy atom. The van der Waals surface area contributed by atoms with Crippen LogP contribution >= 0.6 is 11.6 Å². The van der Waals surface area contributed by atoms with E-state index >= 15 is 0 Å². The molecule has 0 aromatic heterocycles. The van der Waals surface area contributed by atoms with Gasteiger partial charge in [-0.05, 0) is 48.5 Å². The van der Waals surface area contributed by atoms with E-state index in [1.54, 1.807) is 24.3 Å². The number of hydrogen-bond acceptors (Lipinski definition) is 3. The van der Waals surface area contributed by atoms with Gasteiger partial charge >= 0.3 is 0 Å². The van der Waals surface area contributed by atoms with Crippen LogP contribution in [0.4, 0.5) is 4.39 Å². The second kappa shape index (κ2) is 6.89. The summed E-state index contributed by atoms with van der Waals surface area (Å²) in [5.74, 6) is 0.111. The van der Waals surface area contributed by atoms with E-state index in [0.717, 1.165) is 12.1 Å². The summed E-state index contributed by atoms with van der Waals surface area (Å²) in [4.78, 5) is 0.00962. The summed E-state index contributed by atoms with van der Waals surface area (Å²) in [6, 6.07) is 11.3. The number of hydrogen-bond donors (Lipinski definition) is 1. The molecule has 0 saturated carbocycles. The fraction of sp³-hybridized carbons (Fsp3) is 0.143. The van der Waals surface area contributed by atoms with Crippen molar-refractivity contribution in [1.82, 2.24) is 4.72 Å². The van der Waals surface area contributed by atoms with Crippen LogP contribution in [0, 0.1) is 5.82 Å². The molecule has 0 aliphatic carbocycles. The van der Waals surface area contributed by atoms with Crippen molar-refractivity contribution in [2.45, 2.75) is 4.90 Å². The number of benzene rings is 2. The van der Waals surface area contributed by atoms with Crippen molar-refractivity contribution < 1.29 is 17.5 Å². The van der Waals surface area contributed by atoms with Gasteiger partial charge in [-0.3, -0.25) is 0 Å². The van der Waals surface area contributed by atoms with Crippen molar-refractivity contribution >= 4 is 21.6 Å². The maximum absolute atomic E-state index is 12.8. The minimum absolute atomic E-state index is 0.00962. The molecule has 0 saturated heterocycles. The highest BCUT2D eigenvalue weighted by molar-refractivity contribution is 7.89. The Hall–Kier alpha value is -1.63. The predicted octanol–water partition coefficient (Wildman–Crippen LogP) is 2.84. The van der Waals surface area contributed by atoms with E-state index in [0.29, 0.717) is 10.8 Å². The highest BCUT2D eigenvalue weighted by atomic mass is 35.5. The van der Waals surface area contributed by atoms with Crippen LogP contribution in [0.2, 0.25) is 5.02 Å². The van der Waals surface area contributed by atoms with Crippen molar-refractivity contribution in [3.05, 3.63) is 59.4 Å². The van der Waals surface area contributed by atoms with Crippen LogP contribution < -0.4 is 9.46 Å². The molecule has 0 bridgehead atoms. The Kier molecular flexibility index (Phi) is 5.17. The summed E-state index contributed by atoms with van der Waals surface area (Å²) in [7, 11) is -3.66. The van der Waals surface area contributed by atoms with Crippen molar-refractivity contribution in [3.63, 3.8) is 0 Å². The van der Waals surface area contributed by atoms with Crippen LogP contribution in [0.15, 0.2) is 53.4 Å². The third kappa shape index (κ3) is 4.70. The van der Waals surface area contributed by atoms with Crippen LogP contribution in [-0.2, 0) is 10.0 Å². The van der Waals surface area contributed by atoms with Gasteiger partial charge in [0.15, 0.2) is 0 Å². The van der Waals surface area contributed by atoms with E-state index in [4.69, 9.17) is 16.3 Å². The molecular weight excluding hydrogens is 317 g/mol. The first-order chi connectivity index (χ1) is 9.97. The van der Waals surface area contributed by atoms with Gasteiger partial charge in [0.1, 0.15) is 18.2 Å². The quantitative estimate of drug-likeness (QED) is 0.829. The van der Waals surface area contributed by atoms with E-state index < -0.39 is 15.8 Å². The van der Waals surface area contributed by atoms with Gasteiger partial charge in [0, 0.05) is 11.6 Å². The van der Waals surface area contributed by atoms with Gasteiger partial charge in [-0.1, -0.05) is 11.6 Å². The van der Waals surface area contributed by atoms with Crippen LogP contribution in [0.5, 0.6) is 5.75 Å². The summed E-state index contributed by atoms with van der Waals surface area (Å²) in [6.45, 7) is 0.268. The zero-order valence-electron chi connectivity index (χ0n) is 10.9. The minimum Gasteiger partial charge on any atom is -0.492 e. The molecule has 2 aromatic carbocycles. The van der Waals surface area contributed by atoms with Crippen LogP contribution in [-0.4, -0.2) is 21.6 Å². The smallest absolute Gasteiger partial charge is 0.240 e. The number of nitrogens with one attached hydrogen (secondary N) is 1. The molecular formula is C14H13ClFNO3S. The molecule has 0 amide bonds. The molecule has 0 heterocycles.